The van der Waals surface area contributed by atoms with E-state index in [1.165, 1.54) is 31.5 Å². The molecule has 0 radical (unpaired) electrons. The minimum atomic E-state index is -5.08. The summed E-state index contributed by atoms with van der Waals surface area (Å²) in [5, 5.41) is 7.12. The van der Waals surface area contributed by atoms with Crippen molar-refractivity contribution in [1.82, 2.24) is 0 Å². The fraction of sp³-hybridized carbons (Fsp3) is 0.562. The maximum absolute atomic E-state index is 10.6. The van der Waals surface area contributed by atoms with Crippen molar-refractivity contribution < 1.29 is 23.1 Å². The number of hydrogen-bond acceptors (Lipinski definition) is 3. The first-order chi connectivity index (χ1) is 10.8. The number of carbonyl (C=O) groups is 1. The van der Waals surface area contributed by atoms with Gasteiger partial charge in [0.15, 0.2) is 0 Å². The summed E-state index contributed by atoms with van der Waals surface area (Å²) in [4.78, 5) is 11.4. The van der Waals surface area contributed by atoms with E-state index in [0.29, 0.717) is 0 Å². The second-order valence-electron chi connectivity index (χ2n) is 5.89. The third-order valence-corrected chi connectivity index (χ3v) is 4.43. The average Bonchev–Trinajstić information content (AvgIpc) is 2.96. The number of carboxylic acid groups (broad SMARTS) is 1. The maximum atomic E-state index is 10.6. The standard InChI is InChI=1S/C14H20N2.C2HF3O2/c15-8-9-16-10-11-4-3-6-12(11)13-5-1-2-7-14(13)16;3-2(4,5)1(6)7/h1-2,5,7,11-12H,3-4,6,8-10,15H2;(H,6,7)/t11-,12-;/m0./s1. The minimum absolute atomic E-state index is 0.756. The lowest BCUT2D eigenvalue weighted by molar-refractivity contribution is -0.192. The van der Waals surface area contributed by atoms with E-state index in [-0.39, 0.29) is 0 Å². The van der Waals surface area contributed by atoms with E-state index < -0.39 is 12.1 Å². The van der Waals surface area contributed by atoms with E-state index in [0.717, 1.165) is 24.9 Å². The molecule has 1 aliphatic carbocycles. The number of fused-ring (bicyclic) bond motifs is 3. The van der Waals surface area contributed by atoms with Gasteiger partial charge in [-0.05, 0) is 36.3 Å². The average molecular weight is 330 g/mol. The van der Waals surface area contributed by atoms with Gasteiger partial charge in [-0.1, -0.05) is 24.6 Å². The highest BCUT2D eigenvalue weighted by Crippen LogP contribution is 2.47. The largest absolute Gasteiger partial charge is 0.490 e. The first kappa shape index (κ1) is 17.6. The number of nitrogens with two attached hydrogens (primary N) is 1. The second-order valence-corrected chi connectivity index (χ2v) is 5.89. The third-order valence-electron chi connectivity index (χ3n) is 4.43. The van der Waals surface area contributed by atoms with Crippen LogP contribution in [0.25, 0.3) is 0 Å². The predicted molar refractivity (Wildman–Crippen MR) is 81.5 cm³/mol. The molecule has 1 saturated carbocycles. The van der Waals surface area contributed by atoms with Crippen molar-refractivity contribution in [2.75, 3.05) is 24.5 Å². The molecule has 1 fully saturated rings. The van der Waals surface area contributed by atoms with Crippen molar-refractivity contribution in [2.24, 2.45) is 11.7 Å². The summed E-state index contributed by atoms with van der Waals surface area (Å²) < 4.78 is 31.7. The Bertz CT molecular complexity index is 548. The fourth-order valence-electron chi connectivity index (χ4n) is 3.50. The molecule has 4 nitrogen and oxygen atoms in total. The Morgan fingerprint density at radius 2 is 1.96 bits per heavy atom. The maximum Gasteiger partial charge on any atom is 0.490 e. The highest BCUT2D eigenvalue weighted by molar-refractivity contribution is 5.73. The van der Waals surface area contributed by atoms with Crippen LogP contribution in [0.4, 0.5) is 18.9 Å². The number of hydrogen-bond donors (Lipinski definition) is 2. The zero-order chi connectivity index (χ0) is 17.0. The van der Waals surface area contributed by atoms with Crippen LogP contribution < -0.4 is 10.6 Å². The zero-order valence-corrected chi connectivity index (χ0v) is 12.7. The van der Waals surface area contributed by atoms with E-state index in [1.807, 2.05) is 0 Å². The van der Waals surface area contributed by atoms with E-state index in [4.69, 9.17) is 15.6 Å². The van der Waals surface area contributed by atoms with Crippen molar-refractivity contribution in [3.63, 3.8) is 0 Å². The number of alkyl halides is 3. The van der Waals surface area contributed by atoms with Crippen LogP contribution in [0, 0.1) is 5.92 Å². The molecule has 0 bridgehead atoms. The molecule has 1 aliphatic heterocycles. The Morgan fingerprint density at radius 3 is 2.57 bits per heavy atom. The third kappa shape index (κ3) is 4.16. The Morgan fingerprint density at radius 1 is 1.30 bits per heavy atom. The molecule has 7 heteroatoms. The van der Waals surface area contributed by atoms with Gasteiger partial charge in [-0.2, -0.15) is 13.2 Å². The van der Waals surface area contributed by atoms with Gasteiger partial charge in [-0.25, -0.2) is 4.79 Å². The van der Waals surface area contributed by atoms with Gasteiger partial charge in [-0.3, -0.25) is 0 Å². The molecule has 0 saturated heterocycles. The lowest BCUT2D eigenvalue weighted by Crippen LogP contribution is -2.38. The summed E-state index contributed by atoms with van der Waals surface area (Å²) in [5.74, 6) is -1.06. The molecule has 0 amide bonds. The highest BCUT2D eigenvalue weighted by Gasteiger charge is 2.38. The SMILES string of the molecule is NCCN1C[C@@H]2CCC[C@@H]2c2ccccc21.O=C(O)C(F)(F)F. The molecular formula is C16H21F3N2O2. The van der Waals surface area contributed by atoms with Crippen molar-refractivity contribution in [2.45, 2.75) is 31.4 Å². The molecule has 0 unspecified atom stereocenters. The Hall–Kier alpha value is -1.76. The molecule has 2 aliphatic rings. The Labute approximate surface area is 133 Å². The lowest BCUT2D eigenvalue weighted by Gasteiger charge is -2.38. The van der Waals surface area contributed by atoms with Gasteiger partial charge in [0.05, 0.1) is 0 Å². The van der Waals surface area contributed by atoms with E-state index in [2.05, 4.69) is 29.2 Å². The van der Waals surface area contributed by atoms with Crippen LogP contribution in [0.2, 0.25) is 0 Å². The number of aliphatic carboxylic acids is 1. The molecule has 3 rings (SSSR count). The van der Waals surface area contributed by atoms with E-state index >= 15 is 0 Å². The van der Waals surface area contributed by atoms with Crippen molar-refractivity contribution in [3.05, 3.63) is 29.8 Å². The summed E-state index contributed by atoms with van der Waals surface area (Å²) >= 11 is 0. The summed E-state index contributed by atoms with van der Waals surface area (Å²) in [7, 11) is 0. The zero-order valence-electron chi connectivity index (χ0n) is 12.7. The topological polar surface area (TPSA) is 66.6 Å². The number of halogens is 3. The van der Waals surface area contributed by atoms with Gasteiger partial charge < -0.3 is 15.7 Å². The molecule has 1 aromatic carbocycles. The number of para-hydroxylation sites is 1. The summed E-state index contributed by atoms with van der Waals surface area (Å²) in [6, 6.07) is 8.91. The predicted octanol–water partition coefficient (Wildman–Crippen LogP) is 2.98. The summed E-state index contributed by atoms with van der Waals surface area (Å²) in [6.07, 6.45) is -0.891. The molecule has 23 heavy (non-hydrogen) atoms. The molecule has 2 atom stereocenters. The number of nitrogens with zero attached hydrogens (tertiary/aromatic N) is 1. The smallest absolute Gasteiger partial charge is 0.475 e. The minimum Gasteiger partial charge on any atom is -0.475 e. The number of benzene rings is 1. The van der Waals surface area contributed by atoms with Gasteiger partial charge >= 0.3 is 12.1 Å². The van der Waals surface area contributed by atoms with Crippen LogP contribution in [-0.2, 0) is 4.79 Å². The Kier molecular flexibility index (Phi) is 5.51. The first-order valence-electron chi connectivity index (χ1n) is 7.68. The molecule has 0 aromatic heterocycles. The van der Waals surface area contributed by atoms with E-state index in [1.54, 1.807) is 5.56 Å². The molecule has 1 aromatic rings. The Balaban J connectivity index is 0.000000236. The lowest BCUT2D eigenvalue weighted by atomic mass is 9.84. The molecule has 3 N–H and O–H groups in total. The van der Waals surface area contributed by atoms with Crippen LogP contribution in [-0.4, -0.2) is 36.9 Å². The van der Waals surface area contributed by atoms with Gasteiger partial charge in [0.2, 0.25) is 0 Å². The fourth-order valence-corrected chi connectivity index (χ4v) is 3.50. The van der Waals surface area contributed by atoms with Crippen LogP contribution in [0.3, 0.4) is 0 Å². The monoisotopic (exact) mass is 330 g/mol. The normalized spacial score (nSPS) is 22.7. The number of rotatable bonds is 2. The first-order valence-corrected chi connectivity index (χ1v) is 7.68. The van der Waals surface area contributed by atoms with Crippen molar-refractivity contribution in [1.29, 1.82) is 0 Å². The molecular weight excluding hydrogens is 309 g/mol. The number of anilines is 1. The molecule has 128 valence electrons. The van der Waals surface area contributed by atoms with Crippen LogP contribution in [0.5, 0.6) is 0 Å². The van der Waals surface area contributed by atoms with Crippen LogP contribution in [0.15, 0.2) is 24.3 Å². The van der Waals surface area contributed by atoms with Crippen molar-refractivity contribution in [3.8, 4) is 0 Å². The van der Waals surface area contributed by atoms with Gasteiger partial charge in [0.1, 0.15) is 0 Å². The van der Waals surface area contributed by atoms with Gasteiger partial charge in [-0.15, -0.1) is 0 Å². The molecule has 1 heterocycles. The molecule has 0 spiro atoms. The summed E-state index contributed by atoms with van der Waals surface area (Å²) in [6.45, 7) is 2.98. The van der Waals surface area contributed by atoms with E-state index in [9.17, 15) is 13.2 Å². The van der Waals surface area contributed by atoms with Crippen LogP contribution in [0.1, 0.15) is 30.7 Å². The van der Waals surface area contributed by atoms with Gasteiger partial charge in [0.25, 0.3) is 0 Å². The highest BCUT2D eigenvalue weighted by atomic mass is 19.4. The number of carboxylic acids is 1. The summed E-state index contributed by atoms with van der Waals surface area (Å²) in [5.41, 5.74) is 8.73. The van der Waals surface area contributed by atoms with Crippen molar-refractivity contribution >= 4 is 11.7 Å². The second kappa shape index (κ2) is 7.21. The van der Waals surface area contributed by atoms with Gasteiger partial charge in [0, 0.05) is 25.3 Å². The van der Waals surface area contributed by atoms with Crippen LogP contribution >= 0.6 is 0 Å². The quantitative estimate of drug-likeness (QED) is 0.875.